The maximum atomic E-state index is 12.3. The van der Waals surface area contributed by atoms with E-state index in [1.54, 1.807) is 24.3 Å². The summed E-state index contributed by atoms with van der Waals surface area (Å²) in [5, 5.41) is -0.229. The Morgan fingerprint density at radius 2 is 1.90 bits per heavy atom. The van der Waals surface area contributed by atoms with E-state index in [1.807, 2.05) is 0 Å². The van der Waals surface area contributed by atoms with E-state index < -0.39 is 15.4 Å². The van der Waals surface area contributed by atoms with Crippen molar-refractivity contribution in [3.05, 3.63) is 28.2 Å². The summed E-state index contributed by atoms with van der Waals surface area (Å²) in [6, 6.07) is 5.25. The molecule has 2 saturated carbocycles. The number of benzene rings is 1. The van der Waals surface area contributed by atoms with Crippen molar-refractivity contribution in [2.75, 3.05) is 0 Å². The Hall–Kier alpha value is -0.970. The molecule has 1 aromatic rings. The molecule has 21 heavy (non-hydrogen) atoms. The van der Waals surface area contributed by atoms with Gasteiger partial charge in [0.25, 0.3) is 0 Å². The summed E-state index contributed by atoms with van der Waals surface area (Å²) in [6.45, 7) is 0. The summed E-state index contributed by atoms with van der Waals surface area (Å²) in [5.41, 5.74) is 0.372. The molecule has 0 saturated heterocycles. The van der Waals surface area contributed by atoms with Gasteiger partial charge in [-0.25, -0.2) is 13.2 Å². The van der Waals surface area contributed by atoms with Crippen molar-refractivity contribution >= 4 is 31.8 Å². The van der Waals surface area contributed by atoms with Crippen LogP contribution < -0.4 is 0 Å². The normalized spacial score (nSPS) is 21.0. The van der Waals surface area contributed by atoms with Gasteiger partial charge in [-0.2, -0.15) is 4.99 Å². The van der Waals surface area contributed by atoms with E-state index in [1.165, 1.54) is 0 Å². The molecule has 0 spiro atoms. The van der Waals surface area contributed by atoms with Gasteiger partial charge >= 0.3 is 0 Å². The van der Waals surface area contributed by atoms with Gasteiger partial charge in [0.2, 0.25) is 6.08 Å². The number of sulfone groups is 1. The second kappa shape index (κ2) is 5.34. The van der Waals surface area contributed by atoms with Crippen LogP contribution in [0.4, 0.5) is 0 Å². The SMILES string of the molecule is O=C=NC1(c2ccc(S(=O)(=O)C3CC3)c(Br)c2)CCCC1. The van der Waals surface area contributed by atoms with Crippen LogP contribution in [0.1, 0.15) is 44.1 Å². The van der Waals surface area contributed by atoms with Crippen molar-refractivity contribution in [2.24, 2.45) is 4.99 Å². The fraction of sp³-hybridized carbons (Fsp3) is 0.533. The number of hydrogen-bond donors (Lipinski definition) is 0. The molecule has 3 rings (SSSR count). The van der Waals surface area contributed by atoms with Crippen LogP contribution in [0.2, 0.25) is 0 Å². The molecule has 0 aliphatic heterocycles. The lowest BCUT2D eigenvalue weighted by atomic mass is 9.89. The summed E-state index contributed by atoms with van der Waals surface area (Å²) in [4.78, 5) is 15.1. The topological polar surface area (TPSA) is 63.6 Å². The molecule has 0 aromatic heterocycles. The zero-order chi connectivity index (χ0) is 15.1. The summed E-state index contributed by atoms with van der Waals surface area (Å²) in [7, 11) is -3.22. The fourth-order valence-electron chi connectivity index (χ4n) is 3.09. The van der Waals surface area contributed by atoms with E-state index in [4.69, 9.17) is 0 Å². The minimum absolute atomic E-state index is 0.229. The van der Waals surface area contributed by atoms with Crippen molar-refractivity contribution in [1.82, 2.24) is 0 Å². The highest BCUT2D eigenvalue weighted by molar-refractivity contribution is 9.10. The third kappa shape index (κ3) is 2.60. The first kappa shape index (κ1) is 14.9. The highest BCUT2D eigenvalue weighted by atomic mass is 79.9. The van der Waals surface area contributed by atoms with Gasteiger partial charge in [-0.1, -0.05) is 18.9 Å². The predicted molar refractivity (Wildman–Crippen MR) is 82.6 cm³/mol. The Morgan fingerprint density at radius 3 is 2.43 bits per heavy atom. The van der Waals surface area contributed by atoms with Crippen LogP contribution >= 0.6 is 15.9 Å². The van der Waals surface area contributed by atoms with E-state index in [2.05, 4.69) is 20.9 Å². The maximum Gasteiger partial charge on any atom is 0.235 e. The van der Waals surface area contributed by atoms with Gasteiger partial charge in [0.15, 0.2) is 9.84 Å². The molecule has 0 radical (unpaired) electrons. The van der Waals surface area contributed by atoms with Crippen LogP contribution in [0.25, 0.3) is 0 Å². The number of hydrogen-bond acceptors (Lipinski definition) is 4. The molecule has 0 unspecified atom stereocenters. The molecule has 0 atom stereocenters. The van der Waals surface area contributed by atoms with Gasteiger partial charge < -0.3 is 0 Å². The number of aliphatic imine (C=N–C) groups is 1. The molecule has 2 fully saturated rings. The molecule has 0 amide bonds. The van der Waals surface area contributed by atoms with Crippen molar-refractivity contribution in [3.63, 3.8) is 0 Å². The highest BCUT2D eigenvalue weighted by Crippen LogP contribution is 2.44. The van der Waals surface area contributed by atoms with Crippen molar-refractivity contribution in [3.8, 4) is 0 Å². The van der Waals surface area contributed by atoms with Gasteiger partial charge in [0.05, 0.1) is 15.7 Å². The van der Waals surface area contributed by atoms with Gasteiger partial charge in [0, 0.05) is 4.47 Å². The Balaban J connectivity index is 2.03. The van der Waals surface area contributed by atoms with Crippen molar-refractivity contribution in [1.29, 1.82) is 0 Å². The number of carbonyl (C=O) groups excluding carboxylic acids is 1. The maximum absolute atomic E-state index is 12.3. The molecule has 2 aliphatic rings. The van der Waals surface area contributed by atoms with Crippen LogP contribution in [-0.4, -0.2) is 19.7 Å². The zero-order valence-corrected chi connectivity index (χ0v) is 13.9. The molecule has 6 heteroatoms. The van der Waals surface area contributed by atoms with Crippen LogP contribution in [0, 0.1) is 0 Å². The smallest absolute Gasteiger partial charge is 0.223 e. The summed E-state index contributed by atoms with van der Waals surface area (Å²) < 4.78 is 25.2. The summed E-state index contributed by atoms with van der Waals surface area (Å²) in [6.07, 6.45) is 6.83. The molecule has 2 aliphatic carbocycles. The summed E-state index contributed by atoms with van der Waals surface area (Å²) >= 11 is 3.38. The lowest BCUT2D eigenvalue weighted by Gasteiger charge is -2.23. The second-order valence-corrected chi connectivity index (χ2v) is 8.88. The van der Waals surface area contributed by atoms with Crippen LogP contribution in [0.15, 0.2) is 32.6 Å². The summed E-state index contributed by atoms with van der Waals surface area (Å²) in [5.74, 6) is 0. The number of nitrogens with zero attached hydrogens (tertiary/aromatic N) is 1. The molecule has 4 nitrogen and oxygen atoms in total. The number of halogens is 1. The van der Waals surface area contributed by atoms with E-state index in [-0.39, 0.29) is 5.25 Å². The van der Waals surface area contributed by atoms with Gasteiger partial charge in [-0.3, -0.25) is 0 Å². The van der Waals surface area contributed by atoms with E-state index in [9.17, 15) is 13.2 Å². The Labute approximate surface area is 132 Å². The average molecular weight is 370 g/mol. The monoisotopic (exact) mass is 369 g/mol. The van der Waals surface area contributed by atoms with E-state index >= 15 is 0 Å². The molecular formula is C15H16BrNO3S. The fourth-order valence-corrected chi connectivity index (χ4v) is 5.85. The van der Waals surface area contributed by atoms with E-state index in [0.29, 0.717) is 9.37 Å². The van der Waals surface area contributed by atoms with Crippen molar-refractivity contribution in [2.45, 2.75) is 54.2 Å². The largest absolute Gasteiger partial charge is 0.235 e. The quantitative estimate of drug-likeness (QED) is 0.602. The van der Waals surface area contributed by atoms with Crippen LogP contribution in [0.3, 0.4) is 0 Å². The van der Waals surface area contributed by atoms with Gasteiger partial charge in [-0.05, 0) is 59.3 Å². The molecule has 0 bridgehead atoms. The standard InChI is InChI=1S/C15H16BrNO3S/c16-13-9-11(15(17-10-18)7-1-2-8-15)3-6-14(13)21(19,20)12-4-5-12/h3,6,9,12H,1-2,4-5,7-8H2. The van der Waals surface area contributed by atoms with Crippen molar-refractivity contribution < 1.29 is 13.2 Å². The first-order valence-corrected chi connectivity index (χ1v) is 9.46. The molecule has 1 aromatic carbocycles. The minimum atomic E-state index is -3.22. The van der Waals surface area contributed by atoms with Gasteiger partial charge in [-0.15, -0.1) is 0 Å². The third-order valence-electron chi connectivity index (χ3n) is 4.43. The minimum Gasteiger partial charge on any atom is -0.223 e. The highest BCUT2D eigenvalue weighted by Gasteiger charge is 2.40. The molecule has 112 valence electrons. The molecular weight excluding hydrogens is 354 g/mol. The van der Waals surface area contributed by atoms with Crippen LogP contribution in [-0.2, 0) is 20.2 Å². The lowest BCUT2D eigenvalue weighted by molar-refractivity contribution is 0.455. The molecule has 0 N–H and O–H groups in total. The third-order valence-corrected chi connectivity index (χ3v) is 7.67. The molecule has 0 heterocycles. The predicted octanol–water partition coefficient (Wildman–Crippen LogP) is 3.49. The number of isocyanates is 1. The average Bonchev–Trinajstić information content (AvgIpc) is 3.20. The van der Waals surface area contributed by atoms with Crippen LogP contribution in [0.5, 0.6) is 0 Å². The zero-order valence-electron chi connectivity index (χ0n) is 11.5. The first-order valence-electron chi connectivity index (χ1n) is 7.13. The Kier molecular flexibility index (Phi) is 3.80. The lowest BCUT2D eigenvalue weighted by Crippen LogP contribution is -2.19. The van der Waals surface area contributed by atoms with Gasteiger partial charge in [0.1, 0.15) is 0 Å². The second-order valence-electron chi connectivity index (χ2n) is 5.83. The number of rotatable bonds is 4. The Bertz CT molecular complexity index is 712. The first-order chi connectivity index (χ1) is 9.99. The van der Waals surface area contributed by atoms with E-state index in [0.717, 1.165) is 44.1 Å². The Morgan fingerprint density at radius 1 is 1.24 bits per heavy atom.